The van der Waals surface area contributed by atoms with Gasteiger partial charge >= 0.3 is 0 Å². The summed E-state index contributed by atoms with van der Waals surface area (Å²) in [5.74, 6) is -0.378. The minimum Gasteiger partial charge on any atom is -0.463 e. The third kappa shape index (κ3) is 3.58. The topological polar surface area (TPSA) is 99.8 Å². The van der Waals surface area contributed by atoms with Crippen LogP contribution in [-0.2, 0) is 0 Å². The molecular weight excluding hydrogens is 357 g/mol. The molecule has 3 aromatic rings. The number of aromatic amines is 1. The van der Waals surface area contributed by atoms with Crippen LogP contribution in [0.3, 0.4) is 0 Å². The van der Waals surface area contributed by atoms with Gasteiger partial charge in [0.2, 0.25) is 0 Å². The van der Waals surface area contributed by atoms with E-state index in [0.29, 0.717) is 5.56 Å². The molecule has 0 aliphatic rings. The number of nitrogens with one attached hydrogen (secondary N) is 1. The first kappa shape index (κ1) is 17.6. The van der Waals surface area contributed by atoms with Crippen molar-refractivity contribution >= 4 is 17.5 Å². The summed E-state index contributed by atoms with van der Waals surface area (Å²) in [5.41, 5.74) is -0.307. The molecule has 0 saturated heterocycles. The average molecular weight is 369 g/mol. The van der Waals surface area contributed by atoms with Crippen LogP contribution in [0, 0.1) is 17.1 Å². The van der Waals surface area contributed by atoms with Gasteiger partial charge in [-0.25, -0.2) is 9.37 Å². The summed E-state index contributed by atoms with van der Waals surface area (Å²) in [5, 5.41) is 8.79. The van der Waals surface area contributed by atoms with Crippen molar-refractivity contribution in [2.24, 2.45) is 0 Å². The Bertz CT molecular complexity index is 1040. The highest BCUT2D eigenvalue weighted by atomic mass is 32.2. The number of H-pyrrole nitrogens is 1. The van der Waals surface area contributed by atoms with Crippen molar-refractivity contribution in [3.05, 3.63) is 70.0 Å². The molecule has 0 aliphatic heterocycles. The summed E-state index contributed by atoms with van der Waals surface area (Å²) >= 11 is 1.03. The minimum atomic E-state index is -0.613. The van der Waals surface area contributed by atoms with E-state index in [1.165, 1.54) is 30.5 Å². The van der Waals surface area contributed by atoms with Gasteiger partial charge in [0, 0.05) is 5.56 Å². The molecule has 2 heterocycles. The van der Waals surface area contributed by atoms with E-state index in [1.54, 1.807) is 19.1 Å². The van der Waals surface area contributed by atoms with E-state index in [2.05, 4.69) is 9.97 Å². The third-order valence-corrected chi connectivity index (χ3v) is 4.53. The van der Waals surface area contributed by atoms with Gasteiger partial charge in [-0.2, -0.15) is 5.26 Å². The molecule has 0 bridgehead atoms. The van der Waals surface area contributed by atoms with Crippen LogP contribution in [0.2, 0.25) is 0 Å². The van der Waals surface area contributed by atoms with E-state index in [1.807, 2.05) is 6.07 Å². The van der Waals surface area contributed by atoms with Gasteiger partial charge in [0.25, 0.3) is 5.56 Å². The Kier molecular flexibility index (Phi) is 5.00. The third-order valence-electron chi connectivity index (χ3n) is 3.55. The number of aromatic nitrogens is 2. The second-order valence-electron chi connectivity index (χ2n) is 5.32. The number of halogens is 1. The van der Waals surface area contributed by atoms with Crippen molar-refractivity contribution in [3.63, 3.8) is 0 Å². The SMILES string of the molecule is C[C@H](Sc1nc(-c2ccco2)c(C#N)c(=O)[nH]1)C(=O)c1ccc(F)cc1. The normalized spacial score (nSPS) is 11.7. The quantitative estimate of drug-likeness (QED) is 0.420. The van der Waals surface area contributed by atoms with Gasteiger partial charge in [0.05, 0.1) is 11.5 Å². The molecule has 6 nitrogen and oxygen atoms in total. The van der Waals surface area contributed by atoms with Gasteiger partial charge in [-0.05, 0) is 43.3 Å². The maximum atomic E-state index is 13.0. The highest BCUT2D eigenvalue weighted by molar-refractivity contribution is 8.00. The van der Waals surface area contributed by atoms with Crippen molar-refractivity contribution in [1.82, 2.24) is 9.97 Å². The zero-order valence-electron chi connectivity index (χ0n) is 13.5. The molecule has 8 heteroatoms. The maximum absolute atomic E-state index is 13.0. The zero-order chi connectivity index (χ0) is 18.7. The lowest BCUT2D eigenvalue weighted by atomic mass is 10.1. The molecule has 2 aromatic heterocycles. The Morgan fingerprint density at radius 2 is 2.08 bits per heavy atom. The zero-order valence-corrected chi connectivity index (χ0v) is 14.3. The molecule has 0 radical (unpaired) electrons. The molecule has 0 unspecified atom stereocenters. The summed E-state index contributed by atoms with van der Waals surface area (Å²) in [6, 6.07) is 10.2. The molecule has 0 saturated carbocycles. The average Bonchev–Trinajstić information content (AvgIpc) is 3.16. The highest BCUT2D eigenvalue weighted by Gasteiger charge is 2.21. The molecule has 130 valence electrons. The highest BCUT2D eigenvalue weighted by Crippen LogP contribution is 2.26. The number of thioether (sulfide) groups is 1. The van der Waals surface area contributed by atoms with Crippen LogP contribution in [0.5, 0.6) is 0 Å². The Morgan fingerprint density at radius 1 is 1.35 bits per heavy atom. The van der Waals surface area contributed by atoms with Crippen LogP contribution >= 0.6 is 11.8 Å². The van der Waals surface area contributed by atoms with Crippen LogP contribution in [0.25, 0.3) is 11.5 Å². The number of nitriles is 1. The predicted molar refractivity (Wildman–Crippen MR) is 93.3 cm³/mol. The molecular formula is C18H12FN3O3S. The van der Waals surface area contributed by atoms with Gasteiger partial charge in [-0.3, -0.25) is 9.59 Å². The Labute approximate surface area is 151 Å². The predicted octanol–water partition coefficient (Wildman–Crippen LogP) is 3.40. The van der Waals surface area contributed by atoms with Crippen LogP contribution < -0.4 is 5.56 Å². The van der Waals surface area contributed by atoms with E-state index in [9.17, 15) is 19.2 Å². The standard InChI is InChI=1S/C18H12FN3O3S/c1-10(16(23)11-4-6-12(19)7-5-11)26-18-21-15(14-3-2-8-25-14)13(9-20)17(24)22-18/h2-8,10H,1H3,(H,21,22,24)/t10-/m0/s1. The van der Waals surface area contributed by atoms with Crippen molar-refractivity contribution in [3.8, 4) is 17.5 Å². The molecule has 0 amide bonds. The van der Waals surface area contributed by atoms with Gasteiger partial charge in [0.1, 0.15) is 23.1 Å². The summed E-state index contributed by atoms with van der Waals surface area (Å²) in [6.07, 6.45) is 1.41. The largest absolute Gasteiger partial charge is 0.463 e. The monoisotopic (exact) mass is 369 g/mol. The van der Waals surface area contributed by atoms with E-state index >= 15 is 0 Å². The molecule has 0 aliphatic carbocycles. The smallest absolute Gasteiger partial charge is 0.270 e. The van der Waals surface area contributed by atoms with E-state index in [-0.39, 0.29) is 28.0 Å². The van der Waals surface area contributed by atoms with Gasteiger partial charge in [-0.1, -0.05) is 11.8 Å². The lowest BCUT2D eigenvalue weighted by molar-refractivity contribution is 0.0994. The number of benzene rings is 1. The van der Waals surface area contributed by atoms with Crippen LogP contribution in [0.1, 0.15) is 22.8 Å². The van der Waals surface area contributed by atoms with Crippen molar-refractivity contribution < 1.29 is 13.6 Å². The van der Waals surface area contributed by atoms with Gasteiger partial charge in [-0.15, -0.1) is 0 Å². The fourth-order valence-corrected chi connectivity index (χ4v) is 3.15. The molecule has 26 heavy (non-hydrogen) atoms. The second-order valence-corrected chi connectivity index (χ2v) is 6.64. The van der Waals surface area contributed by atoms with Gasteiger partial charge in [0.15, 0.2) is 16.7 Å². The Morgan fingerprint density at radius 3 is 2.69 bits per heavy atom. The lowest BCUT2D eigenvalue weighted by Gasteiger charge is -2.10. The molecule has 1 N–H and O–H groups in total. The first-order valence-corrected chi connectivity index (χ1v) is 8.42. The number of nitrogens with zero attached hydrogens (tertiary/aromatic N) is 2. The number of rotatable bonds is 5. The number of furan rings is 1. The van der Waals surface area contributed by atoms with Crippen molar-refractivity contribution in [1.29, 1.82) is 5.26 Å². The fourth-order valence-electron chi connectivity index (χ4n) is 2.27. The fraction of sp³-hybridized carbons (Fsp3) is 0.111. The van der Waals surface area contributed by atoms with E-state index in [4.69, 9.17) is 4.42 Å². The molecule has 0 spiro atoms. The summed E-state index contributed by atoms with van der Waals surface area (Å²) in [7, 11) is 0. The molecule has 1 aromatic carbocycles. The van der Waals surface area contributed by atoms with Crippen LogP contribution in [0.4, 0.5) is 4.39 Å². The summed E-state index contributed by atoms with van der Waals surface area (Å²) < 4.78 is 18.2. The van der Waals surface area contributed by atoms with E-state index < -0.39 is 16.6 Å². The number of hydrogen-bond donors (Lipinski definition) is 1. The number of ketones is 1. The van der Waals surface area contributed by atoms with Crippen molar-refractivity contribution in [2.45, 2.75) is 17.3 Å². The molecule has 3 rings (SSSR count). The van der Waals surface area contributed by atoms with Crippen LogP contribution in [0.15, 0.2) is 57.0 Å². The Balaban J connectivity index is 1.90. The number of carbonyl (C=O) groups excluding carboxylic acids is 1. The molecule has 0 fully saturated rings. The summed E-state index contributed by atoms with van der Waals surface area (Å²) in [6.45, 7) is 1.65. The maximum Gasteiger partial charge on any atom is 0.270 e. The van der Waals surface area contributed by atoms with Gasteiger partial charge < -0.3 is 9.40 Å². The number of carbonyl (C=O) groups is 1. The lowest BCUT2D eigenvalue weighted by Crippen LogP contribution is -2.18. The minimum absolute atomic E-state index is 0.116. The van der Waals surface area contributed by atoms with Crippen molar-refractivity contribution in [2.75, 3.05) is 0 Å². The first-order valence-electron chi connectivity index (χ1n) is 7.54. The van der Waals surface area contributed by atoms with Crippen LogP contribution in [-0.4, -0.2) is 21.0 Å². The van der Waals surface area contributed by atoms with E-state index in [0.717, 1.165) is 11.8 Å². The molecule has 1 atom stereocenters. The number of hydrogen-bond acceptors (Lipinski definition) is 6. The Hall–Kier alpha value is -3.18. The number of Topliss-reactive ketones (excluding diaryl/α,β-unsaturated/α-hetero) is 1. The summed E-state index contributed by atoms with van der Waals surface area (Å²) in [4.78, 5) is 31.3. The second kappa shape index (κ2) is 7.37. The first-order chi connectivity index (χ1) is 12.5.